The molecule has 0 saturated carbocycles. The van der Waals surface area contributed by atoms with Crippen molar-refractivity contribution in [2.24, 2.45) is 0 Å². The minimum Gasteiger partial charge on any atom is -0.395 e. The number of nitrogens with one attached hydrogen (secondary N) is 1. The van der Waals surface area contributed by atoms with E-state index in [1.165, 1.54) is 6.42 Å². The average molecular weight is 280 g/mol. The fraction of sp³-hybridized carbons (Fsp3) is 0.812. The number of carbonyl (C=O) groups is 1. The first-order valence-corrected chi connectivity index (χ1v) is 7.74. The third kappa shape index (κ3) is 4.50. The first-order valence-electron chi connectivity index (χ1n) is 7.74. The second-order valence-electron chi connectivity index (χ2n) is 5.64. The molecule has 4 heteroatoms. The number of hydrogen-bond acceptors (Lipinski definition) is 3. The number of aliphatic hydroxyl groups is 1. The van der Waals surface area contributed by atoms with Crippen molar-refractivity contribution in [1.82, 2.24) is 10.2 Å². The molecule has 1 fully saturated rings. The molecule has 0 spiro atoms. The maximum absolute atomic E-state index is 12.2. The molecule has 1 unspecified atom stereocenters. The minimum atomic E-state index is -0.530. The lowest BCUT2D eigenvalue weighted by Gasteiger charge is -2.31. The number of aliphatic hydroxyl groups excluding tert-OH is 1. The van der Waals surface area contributed by atoms with E-state index < -0.39 is 5.54 Å². The van der Waals surface area contributed by atoms with Crippen LogP contribution in [0.1, 0.15) is 52.4 Å². The molecular weight excluding hydrogens is 252 g/mol. The molecule has 1 aliphatic heterocycles. The molecule has 114 valence electrons. The van der Waals surface area contributed by atoms with E-state index in [9.17, 15) is 9.90 Å². The summed E-state index contributed by atoms with van der Waals surface area (Å²) in [6, 6.07) is 0.103. The van der Waals surface area contributed by atoms with E-state index >= 15 is 0 Å². The topological polar surface area (TPSA) is 52.6 Å². The molecular formula is C16H28N2O2. The average Bonchev–Trinajstić information content (AvgIpc) is 2.70. The fourth-order valence-electron chi connectivity index (χ4n) is 2.81. The first kappa shape index (κ1) is 17.0. The standard InChI is InChI=1S/C16H28N2O2/c1-4-16(5-2,6-3)17-15(20)12-18-11-9-7-8-10-14(18)13-19/h1,14,19H,5-13H2,2-3H3,(H,17,20). The lowest BCUT2D eigenvalue weighted by atomic mass is 9.94. The van der Waals surface area contributed by atoms with E-state index in [1.54, 1.807) is 0 Å². The van der Waals surface area contributed by atoms with Crippen molar-refractivity contribution in [2.45, 2.75) is 64.0 Å². The van der Waals surface area contributed by atoms with Gasteiger partial charge in [-0.15, -0.1) is 6.42 Å². The van der Waals surface area contributed by atoms with Gasteiger partial charge in [-0.3, -0.25) is 9.69 Å². The van der Waals surface area contributed by atoms with Crippen molar-refractivity contribution < 1.29 is 9.90 Å². The van der Waals surface area contributed by atoms with Gasteiger partial charge in [0.15, 0.2) is 0 Å². The molecule has 1 atom stereocenters. The monoisotopic (exact) mass is 280 g/mol. The number of carbonyl (C=O) groups excluding carboxylic acids is 1. The summed E-state index contributed by atoms with van der Waals surface area (Å²) in [5.74, 6) is 2.69. The van der Waals surface area contributed by atoms with Gasteiger partial charge in [-0.05, 0) is 32.2 Å². The van der Waals surface area contributed by atoms with Crippen LogP contribution in [0.15, 0.2) is 0 Å². The molecule has 0 aromatic rings. The lowest BCUT2D eigenvalue weighted by Crippen LogP contribution is -2.51. The summed E-state index contributed by atoms with van der Waals surface area (Å²) in [6.45, 7) is 5.31. The zero-order chi connectivity index (χ0) is 15.0. The Morgan fingerprint density at radius 3 is 2.65 bits per heavy atom. The van der Waals surface area contributed by atoms with Crippen LogP contribution < -0.4 is 5.32 Å². The Morgan fingerprint density at radius 1 is 1.40 bits per heavy atom. The van der Waals surface area contributed by atoms with Gasteiger partial charge < -0.3 is 10.4 Å². The summed E-state index contributed by atoms with van der Waals surface area (Å²) in [6.07, 6.45) is 11.4. The highest BCUT2D eigenvalue weighted by Gasteiger charge is 2.28. The molecule has 1 saturated heterocycles. The smallest absolute Gasteiger partial charge is 0.235 e. The van der Waals surface area contributed by atoms with Gasteiger partial charge in [0.05, 0.1) is 13.2 Å². The Labute approximate surface area is 122 Å². The van der Waals surface area contributed by atoms with Gasteiger partial charge in [0.25, 0.3) is 0 Å². The molecule has 1 amide bonds. The van der Waals surface area contributed by atoms with Crippen molar-refractivity contribution in [3.63, 3.8) is 0 Å². The van der Waals surface area contributed by atoms with E-state index in [4.69, 9.17) is 6.42 Å². The Hall–Kier alpha value is -1.05. The van der Waals surface area contributed by atoms with Crippen LogP contribution in [0.2, 0.25) is 0 Å². The van der Waals surface area contributed by atoms with E-state index in [1.807, 2.05) is 13.8 Å². The Kier molecular flexibility index (Phi) is 7.04. The minimum absolute atomic E-state index is 0.0352. The molecule has 1 rings (SSSR count). The lowest BCUT2D eigenvalue weighted by molar-refractivity contribution is -0.124. The summed E-state index contributed by atoms with van der Waals surface area (Å²) in [5.41, 5.74) is -0.530. The highest BCUT2D eigenvalue weighted by Crippen LogP contribution is 2.17. The summed E-state index contributed by atoms with van der Waals surface area (Å²) < 4.78 is 0. The summed E-state index contributed by atoms with van der Waals surface area (Å²) in [4.78, 5) is 14.3. The third-order valence-electron chi connectivity index (χ3n) is 4.42. The number of rotatable bonds is 6. The van der Waals surface area contributed by atoms with E-state index in [-0.39, 0.29) is 18.6 Å². The van der Waals surface area contributed by atoms with Gasteiger partial charge in [0.1, 0.15) is 5.54 Å². The van der Waals surface area contributed by atoms with E-state index in [0.717, 1.165) is 38.6 Å². The van der Waals surface area contributed by atoms with Gasteiger partial charge >= 0.3 is 0 Å². The molecule has 0 aromatic heterocycles. The number of nitrogens with zero attached hydrogens (tertiary/aromatic N) is 1. The fourth-order valence-corrected chi connectivity index (χ4v) is 2.81. The molecule has 1 heterocycles. The van der Waals surface area contributed by atoms with Crippen LogP contribution in [0.25, 0.3) is 0 Å². The van der Waals surface area contributed by atoms with Crippen LogP contribution in [0.3, 0.4) is 0 Å². The number of amides is 1. The number of likely N-dealkylation sites (tertiary alicyclic amines) is 1. The van der Waals surface area contributed by atoms with Crippen LogP contribution in [0.4, 0.5) is 0 Å². The maximum atomic E-state index is 12.2. The molecule has 1 aliphatic rings. The Bertz CT molecular complexity index is 345. The molecule has 20 heavy (non-hydrogen) atoms. The van der Waals surface area contributed by atoms with Gasteiger partial charge in [0.2, 0.25) is 5.91 Å². The molecule has 0 bridgehead atoms. The van der Waals surface area contributed by atoms with Crippen LogP contribution in [-0.2, 0) is 4.79 Å². The first-order chi connectivity index (χ1) is 9.60. The predicted octanol–water partition coefficient (Wildman–Crippen LogP) is 1.53. The highest BCUT2D eigenvalue weighted by atomic mass is 16.3. The second-order valence-corrected chi connectivity index (χ2v) is 5.64. The van der Waals surface area contributed by atoms with Gasteiger partial charge in [-0.25, -0.2) is 0 Å². The summed E-state index contributed by atoms with van der Waals surface area (Å²) in [7, 11) is 0. The van der Waals surface area contributed by atoms with Crippen molar-refractivity contribution >= 4 is 5.91 Å². The quantitative estimate of drug-likeness (QED) is 0.726. The summed E-state index contributed by atoms with van der Waals surface area (Å²) in [5, 5.41) is 12.5. The van der Waals surface area contributed by atoms with Crippen LogP contribution in [0.5, 0.6) is 0 Å². The van der Waals surface area contributed by atoms with Gasteiger partial charge in [-0.2, -0.15) is 0 Å². The number of terminal acetylenes is 1. The maximum Gasteiger partial charge on any atom is 0.235 e. The second kappa shape index (κ2) is 8.28. The highest BCUT2D eigenvalue weighted by molar-refractivity contribution is 5.79. The molecule has 0 aliphatic carbocycles. The van der Waals surface area contributed by atoms with Crippen LogP contribution in [-0.4, -0.2) is 47.2 Å². The largest absolute Gasteiger partial charge is 0.395 e. The molecule has 0 aromatic carbocycles. The van der Waals surface area contributed by atoms with Gasteiger partial charge in [0, 0.05) is 6.04 Å². The summed E-state index contributed by atoms with van der Waals surface area (Å²) >= 11 is 0. The molecule has 0 radical (unpaired) electrons. The van der Waals surface area contributed by atoms with Gasteiger partial charge in [-0.1, -0.05) is 32.6 Å². The van der Waals surface area contributed by atoms with Crippen molar-refractivity contribution in [3.05, 3.63) is 0 Å². The normalized spacial score (nSPS) is 21.0. The predicted molar refractivity (Wildman–Crippen MR) is 81.2 cm³/mol. The van der Waals surface area contributed by atoms with E-state index in [0.29, 0.717) is 6.54 Å². The number of hydrogen-bond donors (Lipinski definition) is 2. The zero-order valence-electron chi connectivity index (χ0n) is 12.8. The molecule has 2 N–H and O–H groups in total. The zero-order valence-corrected chi connectivity index (χ0v) is 12.8. The Morgan fingerprint density at radius 2 is 2.10 bits per heavy atom. The Balaban J connectivity index is 2.62. The van der Waals surface area contributed by atoms with Crippen molar-refractivity contribution in [1.29, 1.82) is 0 Å². The van der Waals surface area contributed by atoms with Crippen molar-refractivity contribution in [3.8, 4) is 12.3 Å². The SMILES string of the molecule is C#CC(CC)(CC)NC(=O)CN1CCCCCC1CO. The van der Waals surface area contributed by atoms with E-state index in [2.05, 4.69) is 16.1 Å². The third-order valence-corrected chi connectivity index (χ3v) is 4.42. The van der Waals surface area contributed by atoms with Crippen LogP contribution in [0, 0.1) is 12.3 Å². The van der Waals surface area contributed by atoms with Crippen molar-refractivity contribution in [2.75, 3.05) is 19.7 Å². The molecule has 4 nitrogen and oxygen atoms in total. The van der Waals surface area contributed by atoms with Crippen LogP contribution >= 0.6 is 0 Å².